The number of thioether (sulfide) groups is 1. The molecule has 0 aliphatic carbocycles. The molecule has 0 aliphatic rings. The van der Waals surface area contributed by atoms with Crippen molar-refractivity contribution >= 4 is 17.7 Å². The SMILES string of the molecule is COCCCNC(=O)C(C)Sc1ccccc1F. The van der Waals surface area contributed by atoms with E-state index in [4.69, 9.17) is 4.74 Å². The van der Waals surface area contributed by atoms with E-state index >= 15 is 0 Å². The van der Waals surface area contributed by atoms with E-state index in [1.54, 1.807) is 32.2 Å². The van der Waals surface area contributed by atoms with Gasteiger partial charge in [0, 0.05) is 25.2 Å². The topological polar surface area (TPSA) is 38.3 Å². The van der Waals surface area contributed by atoms with Gasteiger partial charge in [-0.15, -0.1) is 11.8 Å². The molecule has 1 atom stereocenters. The van der Waals surface area contributed by atoms with Crippen LogP contribution >= 0.6 is 11.8 Å². The largest absolute Gasteiger partial charge is 0.385 e. The minimum Gasteiger partial charge on any atom is -0.385 e. The van der Waals surface area contributed by atoms with E-state index in [0.717, 1.165) is 6.42 Å². The van der Waals surface area contributed by atoms with E-state index in [2.05, 4.69) is 5.32 Å². The Morgan fingerprint density at radius 1 is 1.50 bits per heavy atom. The Labute approximate surface area is 111 Å². The molecule has 100 valence electrons. The Balaban J connectivity index is 2.38. The maximum atomic E-state index is 13.4. The molecule has 1 aromatic rings. The van der Waals surface area contributed by atoms with E-state index in [0.29, 0.717) is 18.0 Å². The monoisotopic (exact) mass is 271 g/mol. The summed E-state index contributed by atoms with van der Waals surface area (Å²) in [5, 5.41) is 2.48. The number of ether oxygens (including phenoxy) is 1. The number of hydrogen-bond acceptors (Lipinski definition) is 3. The van der Waals surface area contributed by atoms with Crippen LogP contribution in [0.25, 0.3) is 0 Å². The molecule has 0 spiro atoms. The van der Waals surface area contributed by atoms with Gasteiger partial charge in [0.2, 0.25) is 5.91 Å². The number of hydrogen-bond donors (Lipinski definition) is 1. The molecule has 1 aromatic carbocycles. The summed E-state index contributed by atoms with van der Waals surface area (Å²) in [6.07, 6.45) is 0.777. The van der Waals surface area contributed by atoms with Gasteiger partial charge in [-0.05, 0) is 25.5 Å². The highest BCUT2D eigenvalue weighted by atomic mass is 32.2. The van der Waals surface area contributed by atoms with Crippen molar-refractivity contribution < 1.29 is 13.9 Å². The van der Waals surface area contributed by atoms with E-state index in [1.807, 2.05) is 0 Å². The van der Waals surface area contributed by atoms with E-state index < -0.39 is 0 Å². The summed E-state index contributed by atoms with van der Waals surface area (Å²) in [6, 6.07) is 6.46. The number of methoxy groups -OCH3 is 1. The number of benzene rings is 1. The Morgan fingerprint density at radius 2 is 2.22 bits per heavy atom. The van der Waals surface area contributed by atoms with Crippen molar-refractivity contribution in [1.29, 1.82) is 0 Å². The molecule has 0 saturated carbocycles. The summed E-state index contributed by atoms with van der Waals surface area (Å²) in [7, 11) is 1.62. The van der Waals surface area contributed by atoms with Crippen LogP contribution in [0.4, 0.5) is 4.39 Å². The molecular formula is C13H18FNO2S. The first-order valence-corrected chi connectivity index (χ1v) is 6.71. The van der Waals surface area contributed by atoms with Crippen LogP contribution in [0.1, 0.15) is 13.3 Å². The number of nitrogens with one attached hydrogen (secondary N) is 1. The molecule has 18 heavy (non-hydrogen) atoms. The lowest BCUT2D eigenvalue weighted by Crippen LogP contribution is -2.32. The molecule has 3 nitrogen and oxygen atoms in total. The van der Waals surface area contributed by atoms with Crippen LogP contribution in [0.15, 0.2) is 29.2 Å². The smallest absolute Gasteiger partial charge is 0.233 e. The van der Waals surface area contributed by atoms with Crippen LogP contribution in [0, 0.1) is 5.82 Å². The molecule has 0 saturated heterocycles. The van der Waals surface area contributed by atoms with Crippen LogP contribution in [0.5, 0.6) is 0 Å². The summed E-state index contributed by atoms with van der Waals surface area (Å²) in [5.74, 6) is -0.374. The fourth-order valence-electron chi connectivity index (χ4n) is 1.36. The highest BCUT2D eigenvalue weighted by molar-refractivity contribution is 8.00. The number of rotatable bonds is 7. The van der Waals surface area contributed by atoms with E-state index in [9.17, 15) is 9.18 Å². The van der Waals surface area contributed by atoms with Crippen LogP contribution in [-0.4, -0.2) is 31.4 Å². The molecule has 0 bridgehead atoms. The maximum Gasteiger partial charge on any atom is 0.233 e. The van der Waals surface area contributed by atoms with E-state index in [-0.39, 0.29) is 17.0 Å². The zero-order valence-electron chi connectivity index (χ0n) is 10.6. The second-order valence-corrected chi connectivity index (χ2v) is 5.21. The Kier molecular flexibility index (Phi) is 6.75. The van der Waals surface area contributed by atoms with Crippen LogP contribution in [0.2, 0.25) is 0 Å². The van der Waals surface area contributed by atoms with Crippen molar-refractivity contribution in [3.8, 4) is 0 Å². The molecule has 5 heteroatoms. The third-order valence-electron chi connectivity index (χ3n) is 2.33. The summed E-state index contributed by atoms with van der Waals surface area (Å²) in [4.78, 5) is 12.2. The lowest BCUT2D eigenvalue weighted by Gasteiger charge is -2.12. The zero-order valence-corrected chi connectivity index (χ0v) is 11.4. The Morgan fingerprint density at radius 3 is 2.89 bits per heavy atom. The second-order valence-electron chi connectivity index (χ2n) is 3.83. The first-order valence-electron chi connectivity index (χ1n) is 5.83. The van der Waals surface area contributed by atoms with Crippen LogP contribution in [-0.2, 0) is 9.53 Å². The molecule has 0 fully saturated rings. The number of halogens is 1. The fraction of sp³-hybridized carbons (Fsp3) is 0.462. The van der Waals surface area contributed by atoms with Gasteiger partial charge in [-0.25, -0.2) is 4.39 Å². The highest BCUT2D eigenvalue weighted by Gasteiger charge is 2.15. The molecule has 0 aromatic heterocycles. The van der Waals surface area contributed by atoms with Crippen molar-refractivity contribution in [3.05, 3.63) is 30.1 Å². The van der Waals surface area contributed by atoms with Gasteiger partial charge >= 0.3 is 0 Å². The minimum absolute atomic E-state index is 0.0839. The second kappa shape index (κ2) is 8.11. The molecular weight excluding hydrogens is 253 g/mol. The average molecular weight is 271 g/mol. The summed E-state index contributed by atoms with van der Waals surface area (Å²) in [5.41, 5.74) is 0. The Hall–Kier alpha value is -1.07. The normalized spacial score (nSPS) is 12.2. The van der Waals surface area contributed by atoms with Gasteiger partial charge in [-0.1, -0.05) is 12.1 Å². The van der Waals surface area contributed by atoms with Gasteiger partial charge in [0.15, 0.2) is 0 Å². The minimum atomic E-state index is -0.315. The van der Waals surface area contributed by atoms with Crippen molar-refractivity contribution in [2.75, 3.05) is 20.3 Å². The zero-order chi connectivity index (χ0) is 13.4. The molecule has 0 radical (unpaired) electrons. The molecule has 1 unspecified atom stereocenters. The molecule has 1 rings (SSSR count). The van der Waals surface area contributed by atoms with Gasteiger partial charge in [-0.3, -0.25) is 4.79 Å². The third kappa shape index (κ3) is 5.06. The van der Waals surface area contributed by atoms with Crippen molar-refractivity contribution in [3.63, 3.8) is 0 Å². The molecule has 1 N–H and O–H groups in total. The van der Waals surface area contributed by atoms with Gasteiger partial charge in [0.05, 0.1) is 5.25 Å². The van der Waals surface area contributed by atoms with Gasteiger partial charge in [-0.2, -0.15) is 0 Å². The number of amides is 1. The molecule has 0 aliphatic heterocycles. The predicted molar refractivity (Wildman–Crippen MR) is 71.2 cm³/mol. The molecule has 1 amide bonds. The predicted octanol–water partition coefficient (Wildman–Crippen LogP) is 2.46. The van der Waals surface area contributed by atoms with Crippen LogP contribution < -0.4 is 5.32 Å². The van der Waals surface area contributed by atoms with Crippen molar-refractivity contribution in [2.24, 2.45) is 0 Å². The maximum absolute atomic E-state index is 13.4. The van der Waals surface area contributed by atoms with Gasteiger partial charge < -0.3 is 10.1 Å². The first kappa shape index (κ1) is 15.0. The summed E-state index contributed by atoms with van der Waals surface area (Å²) >= 11 is 1.22. The summed E-state index contributed by atoms with van der Waals surface area (Å²) in [6.45, 7) is 2.97. The lowest BCUT2D eigenvalue weighted by atomic mass is 10.3. The third-order valence-corrected chi connectivity index (χ3v) is 3.49. The fourth-order valence-corrected chi connectivity index (χ4v) is 2.27. The Bertz CT molecular complexity index is 387. The average Bonchev–Trinajstić information content (AvgIpc) is 2.37. The van der Waals surface area contributed by atoms with Crippen LogP contribution in [0.3, 0.4) is 0 Å². The summed E-state index contributed by atoms with van der Waals surface area (Å²) < 4.78 is 18.3. The first-order chi connectivity index (χ1) is 8.65. The standard InChI is InChI=1S/C13H18FNO2S/c1-10(13(16)15-8-5-9-17-2)18-12-7-4-3-6-11(12)14/h3-4,6-7,10H,5,8-9H2,1-2H3,(H,15,16). The number of carbonyl (C=O) groups excluding carboxylic acids is 1. The lowest BCUT2D eigenvalue weighted by molar-refractivity contribution is -0.120. The molecule has 0 heterocycles. The number of carbonyl (C=O) groups is 1. The van der Waals surface area contributed by atoms with Crippen molar-refractivity contribution in [2.45, 2.75) is 23.5 Å². The highest BCUT2D eigenvalue weighted by Crippen LogP contribution is 2.25. The van der Waals surface area contributed by atoms with Crippen molar-refractivity contribution in [1.82, 2.24) is 5.32 Å². The van der Waals surface area contributed by atoms with Gasteiger partial charge in [0.25, 0.3) is 0 Å². The van der Waals surface area contributed by atoms with Gasteiger partial charge in [0.1, 0.15) is 5.82 Å². The van der Waals surface area contributed by atoms with E-state index in [1.165, 1.54) is 17.8 Å². The quantitative estimate of drug-likeness (QED) is 0.611.